The second-order valence-electron chi connectivity index (χ2n) is 4.77. The molecule has 0 aliphatic rings. The predicted octanol–water partition coefficient (Wildman–Crippen LogP) is 0.0136. The zero-order valence-electron chi connectivity index (χ0n) is 14.0. The summed E-state index contributed by atoms with van der Waals surface area (Å²) in [6, 6.07) is 14.6. The molecule has 2 aromatic rings. The van der Waals surface area contributed by atoms with Crippen molar-refractivity contribution in [1.82, 2.24) is 0 Å². The van der Waals surface area contributed by atoms with E-state index in [1.54, 1.807) is 54.6 Å². The number of ether oxygens (including phenoxy) is 1. The van der Waals surface area contributed by atoms with Crippen molar-refractivity contribution in [2.24, 2.45) is 0 Å². The molecule has 1 N–H and O–H groups in total. The van der Waals surface area contributed by atoms with Crippen molar-refractivity contribution < 1.29 is 53.5 Å². The summed E-state index contributed by atoms with van der Waals surface area (Å²) < 4.78 is 37.6. The first-order valence-electron chi connectivity index (χ1n) is 6.60. The molecule has 0 aliphatic heterocycles. The van der Waals surface area contributed by atoms with E-state index in [0.717, 1.165) is 0 Å². The third kappa shape index (κ3) is 5.44. The van der Waals surface area contributed by atoms with Gasteiger partial charge in [0.1, 0.15) is 11.0 Å². The molecule has 5 nitrogen and oxygen atoms in total. The Morgan fingerprint density at radius 2 is 1.70 bits per heavy atom. The van der Waals surface area contributed by atoms with Crippen LogP contribution in [-0.2, 0) is 10.1 Å². The molecule has 2 aromatic carbocycles. The van der Waals surface area contributed by atoms with Crippen LogP contribution in [0.25, 0.3) is 0 Å². The Bertz CT molecular complexity index is 748. The number of hydrogen-bond donors (Lipinski definition) is 1. The van der Waals surface area contributed by atoms with Crippen LogP contribution in [0.4, 0.5) is 0 Å². The van der Waals surface area contributed by atoms with Crippen LogP contribution < -0.4 is 34.3 Å². The summed E-state index contributed by atoms with van der Waals surface area (Å²) in [5.41, 5.74) is 0.747. The van der Waals surface area contributed by atoms with Gasteiger partial charge in [-0.15, -0.1) is 0 Å². The number of ketones is 1. The normalized spacial score (nSPS) is 12.1. The minimum Gasteiger partial charge on any atom is -1.00 e. The van der Waals surface area contributed by atoms with E-state index in [1.807, 2.05) is 0 Å². The van der Waals surface area contributed by atoms with E-state index in [1.165, 1.54) is 7.11 Å². The van der Waals surface area contributed by atoms with Crippen molar-refractivity contribution in [3.8, 4) is 5.75 Å². The summed E-state index contributed by atoms with van der Waals surface area (Å²) >= 11 is 0. The van der Waals surface area contributed by atoms with Crippen molar-refractivity contribution in [3.63, 3.8) is 0 Å². The molecular weight excluding hydrogens is 327 g/mol. The summed E-state index contributed by atoms with van der Waals surface area (Å²) in [6.45, 7) is 0. The Kier molecular flexibility index (Phi) is 7.44. The van der Waals surface area contributed by atoms with Gasteiger partial charge in [-0.3, -0.25) is 9.35 Å². The predicted molar refractivity (Wildman–Crippen MR) is 83.8 cm³/mol. The maximum absolute atomic E-state index is 12.3. The van der Waals surface area contributed by atoms with Gasteiger partial charge in [-0.1, -0.05) is 30.3 Å². The topological polar surface area (TPSA) is 80.7 Å². The van der Waals surface area contributed by atoms with Gasteiger partial charge >= 0.3 is 29.6 Å². The number of benzene rings is 2. The van der Waals surface area contributed by atoms with Crippen molar-refractivity contribution in [1.29, 1.82) is 0 Å². The summed E-state index contributed by atoms with van der Waals surface area (Å²) in [7, 11) is -2.86. The van der Waals surface area contributed by atoms with Gasteiger partial charge in [0, 0.05) is 12.0 Å². The largest absolute Gasteiger partial charge is 1.00 e. The number of Topliss-reactive ketones (excluding diaryl/α,β-unsaturated/α-hetero) is 1. The molecule has 7 heteroatoms. The minimum absolute atomic E-state index is 0. The van der Waals surface area contributed by atoms with Gasteiger partial charge in [-0.25, -0.2) is 0 Å². The van der Waals surface area contributed by atoms with Crippen molar-refractivity contribution in [2.45, 2.75) is 11.7 Å². The molecule has 0 radical (unpaired) electrons. The number of methoxy groups -OCH3 is 1. The molecule has 0 spiro atoms. The Balaban J connectivity index is 0.00000264. The Morgan fingerprint density at radius 1 is 1.13 bits per heavy atom. The molecule has 2 rings (SSSR count). The molecule has 0 aromatic heterocycles. The quantitative estimate of drug-likeness (QED) is 0.454. The van der Waals surface area contributed by atoms with Gasteiger partial charge in [0.25, 0.3) is 10.1 Å². The van der Waals surface area contributed by atoms with Crippen molar-refractivity contribution in [2.75, 3.05) is 7.11 Å². The van der Waals surface area contributed by atoms with Gasteiger partial charge < -0.3 is 6.16 Å². The number of hydrogen-bond acceptors (Lipinski definition) is 4. The van der Waals surface area contributed by atoms with Crippen LogP contribution in [0.1, 0.15) is 29.0 Å². The molecule has 0 heterocycles. The fourth-order valence-electron chi connectivity index (χ4n) is 2.13. The zero-order valence-corrected chi connectivity index (χ0v) is 15.8. The van der Waals surface area contributed by atoms with Crippen molar-refractivity contribution >= 4 is 15.9 Å². The second kappa shape index (κ2) is 8.61. The average molecular weight is 344 g/mol. The number of rotatable bonds is 6. The summed E-state index contributed by atoms with van der Waals surface area (Å²) in [4.78, 5) is 12.3. The Morgan fingerprint density at radius 3 is 2.17 bits per heavy atom. The van der Waals surface area contributed by atoms with E-state index in [-0.39, 0.29) is 43.2 Å². The van der Waals surface area contributed by atoms with E-state index < -0.39 is 15.4 Å². The van der Waals surface area contributed by atoms with E-state index in [4.69, 9.17) is 4.74 Å². The van der Waals surface area contributed by atoms with Crippen LogP contribution in [0.3, 0.4) is 0 Å². The molecule has 0 aliphatic carbocycles. The second-order valence-corrected chi connectivity index (χ2v) is 6.37. The molecule has 1 unspecified atom stereocenters. The molecule has 0 fully saturated rings. The first-order chi connectivity index (χ1) is 10.4. The first kappa shape index (κ1) is 19.9. The monoisotopic (exact) mass is 344 g/mol. The van der Waals surface area contributed by atoms with E-state index in [2.05, 4.69) is 0 Å². The van der Waals surface area contributed by atoms with Crippen molar-refractivity contribution in [3.05, 3.63) is 65.7 Å². The number of carbonyl (C=O) groups excluding carboxylic acids is 1. The average Bonchev–Trinajstić information content (AvgIpc) is 2.52. The zero-order chi connectivity index (χ0) is 16.2. The van der Waals surface area contributed by atoms with Crippen LogP contribution >= 0.6 is 0 Å². The molecule has 23 heavy (non-hydrogen) atoms. The van der Waals surface area contributed by atoms with E-state index in [9.17, 15) is 17.8 Å². The number of carbonyl (C=O) groups is 1. The molecule has 118 valence electrons. The molecule has 1 atom stereocenters. The van der Waals surface area contributed by atoms with Crippen LogP contribution in [0.15, 0.2) is 54.6 Å². The summed E-state index contributed by atoms with van der Waals surface area (Å²) in [5, 5.41) is -1.27. The van der Waals surface area contributed by atoms with Gasteiger partial charge in [0.2, 0.25) is 0 Å². The van der Waals surface area contributed by atoms with Crippen LogP contribution in [0, 0.1) is 0 Å². The van der Waals surface area contributed by atoms with Gasteiger partial charge in [0.05, 0.1) is 7.11 Å². The van der Waals surface area contributed by atoms with E-state index >= 15 is 0 Å². The maximum atomic E-state index is 12.3. The fourth-order valence-corrected chi connectivity index (χ4v) is 2.99. The molecule has 0 bridgehead atoms. The SMILES string of the molecule is COc1ccc(C(=O)CC(c2ccccc2)S(=O)(=O)O)cc1.[H-].[Na+]. The minimum atomic E-state index is -4.38. The van der Waals surface area contributed by atoms with Crippen LogP contribution in [0.5, 0.6) is 5.75 Å². The molecule has 0 saturated carbocycles. The third-order valence-corrected chi connectivity index (χ3v) is 4.47. The molecule has 0 saturated heterocycles. The Hall–Kier alpha value is -1.18. The summed E-state index contributed by atoms with van der Waals surface area (Å²) in [5.74, 6) is 0.236. The maximum Gasteiger partial charge on any atom is 1.00 e. The third-order valence-electron chi connectivity index (χ3n) is 3.31. The van der Waals surface area contributed by atoms with E-state index in [0.29, 0.717) is 16.9 Å². The van der Waals surface area contributed by atoms with Crippen LogP contribution in [-0.4, -0.2) is 25.9 Å². The smallest absolute Gasteiger partial charge is 1.00 e. The standard InChI is InChI=1S/C16H16O5S.Na.H/c1-21-14-9-7-12(8-10-14)15(17)11-16(22(18,19)20)13-5-3-2-4-6-13;;/h2-10,16H,11H2,1H3,(H,18,19,20);;/q;+1;-1. The summed E-state index contributed by atoms with van der Waals surface area (Å²) in [6.07, 6.45) is -0.324. The van der Waals surface area contributed by atoms with Gasteiger partial charge in [0.15, 0.2) is 5.78 Å². The van der Waals surface area contributed by atoms with Gasteiger partial charge in [-0.05, 0) is 29.8 Å². The van der Waals surface area contributed by atoms with Gasteiger partial charge in [-0.2, -0.15) is 8.42 Å². The molecule has 0 amide bonds. The first-order valence-corrected chi connectivity index (χ1v) is 8.10. The Labute approximate surface area is 159 Å². The van der Waals surface area contributed by atoms with Crippen LogP contribution in [0.2, 0.25) is 0 Å². The molecular formula is C16H17NaO5S. The fraction of sp³-hybridized carbons (Fsp3) is 0.188.